The van der Waals surface area contributed by atoms with Gasteiger partial charge >= 0.3 is 0 Å². The molecule has 1 aliphatic rings. The van der Waals surface area contributed by atoms with E-state index < -0.39 is 5.60 Å². The van der Waals surface area contributed by atoms with Gasteiger partial charge < -0.3 is 5.11 Å². The van der Waals surface area contributed by atoms with Crippen molar-refractivity contribution >= 4 is 5.71 Å². The van der Waals surface area contributed by atoms with Crippen LogP contribution in [0.1, 0.15) is 52.4 Å². The third-order valence-electron chi connectivity index (χ3n) is 2.75. The molecule has 0 aromatic carbocycles. The van der Waals surface area contributed by atoms with Crippen LogP contribution < -0.4 is 0 Å². The lowest BCUT2D eigenvalue weighted by Gasteiger charge is -2.30. The zero-order valence-electron chi connectivity index (χ0n) is 9.29. The molecule has 0 aromatic rings. The Kier molecular flexibility index (Phi) is 4.33. The molecule has 1 N–H and O–H groups in total. The van der Waals surface area contributed by atoms with E-state index in [2.05, 4.69) is 24.9 Å². The summed E-state index contributed by atoms with van der Waals surface area (Å²) in [6, 6.07) is 0. The van der Waals surface area contributed by atoms with Crippen molar-refractivity contribution in [1.82, 2.24) is 0 Å². The number of aliphatic hydroxyl groups is 1. The third kappa shape index (κ3) is 2.68. The lowest BCUT2D eigenvalue weighted by molar-refractivity contribution is 0.0887. The molecule has 0 saturated carbocycles. The normalized spacial score (nSPS) is 16.9. The minimum absolute atomic E-state index is 0.631. The van der Waals surface area contributed by atoms with Crippen LogP contribution in [0.5, 0.6) is 0 Å². The molecule has 0 saturated heterocycles. The van der Waals surface area contributed by atoms with Crippen LogP contribution in [0.2, 0.25) is 0 Å². The fraction of sp³-hybridized carbons (Fsp3) is 0.750. The summed E-state index contributed by atoms with van der Waals surface area (Å²) in [6.07, 6.45) is 9.54. The predicted molar refractivity (Wildman–Crippen MR) is 60.6 cm³/mol. The molecular weight excluding hydrogens is 174 g/mol. The molecule has 14 heavy (non-hydrogen) atoms. The van der Waals surface area contributed by atoms with Crippen molar-refractivity contribution in [2.24, 2.45) is 4.99 Å². The molecule has 2 heteroatoms. The largest absolute Gasteiger partial charge is 0.384 e. The van der Waals surface area contributed by atoms with Crippen molar-refractivity contribution < 1.29 is 5.11 Å². The monoisotopic (exact) mass is 195 g/mol. The Morgan fingerprint density at radius 1 is 1.36 bits per heavy atom. The molecule has 0 aromatic heterocycles. The van der Waals surface area contributed by atoms with Gasteiger partial charge in [-0.1, -0.05) is 32.8 Å². The molecular formula is C12H21NO. The van der Waals surface area contributed by atoms with Crippen molar-refractivity contribution in [1.29, 1.82) is 0 Å². The van der Waals surface area contributed by atoms with Crippen LogP contribution in [-0.2, 0) is 0 Å². The van der Waals surface area contributed by atoms with Gasteiger partial charge in [0.15, 0.2) is 0 Å². The molecule has 0 radical (unpaired) electrons. The SMILES string of the molecule is CCCC(O)(CCC)C1=NC=CCC1. The fourth-order valence-corrected chi connectivity index (χ4v) is 2.10. The van der Waals surface area contributed by atoms with Crippen molar-refractivity contribution in [3.63, 3.8) is 0 Å². The molecule has 0 aliphatic carbocycles. The first-order valence-electron chi connectivity index (χ1n) is 5.67. The van der Waals surface area contributed by atoms with Crippen LogP contribution in [-0.4, -0.2) is 16.4 Å². The highest BCUT2D eigenvalue weighted by molar-refractivity contribution is 5.93. The Morgan fingerprint density at radius 3 is 2.43 bits per heavy atom. The first-order valence-corrected chi connectivity index (χ1v) is 5.67. The van der Waals surface area contributed by atoms with E-state index in [4.69, 9.17) is 0 Å². The summed E-state index contributed by atoms with van der Waals surface area (Å²) >= 11 is 0. The van der Waals surface area contributed by atoms with E-state index in [9.17, 15) is 5.11 Å². The maximum absolute atomic E-state index is 10.5. The number of nitrogens with zero attached hydrogens (tertiary/aromatic N) is 1. The lowest BCUT2D eigenvalue weighted by Crippen LogP contribution is -2.38. The van der Waals surface area contributed by atoms with Gasteiger partial charge in [0, 0.05) is 11.9 Å². The van der Waals surface area contributed by atoms with E-state index in [1.807, 2.05) is 6.20 Å². The smallest absolute Gasteiger partial charge is 0.103 e. The van der Waals surface area contributed by atoms with Crippen LogP contribution in [0.15, 0.2) is 17.3 Å². The van der Waals surface area contributed by atoms with Gasteiger partial charge in [-0.05, 0) is 25.7 Å². The van der Waals surface area contributed by atoms with Crippen LogP contribution in [0.25, 0.3) is 0 Å². The average molecular weight is 195 g/mol. The number of hydrogen-bond donors (Lipinski definition) is 1. The Hall–Kier alpha value is -0.630. The van der Waals surface area contributed by atoms with E-state index in [0.717, 1.165) is 44.2 Å². The Morgan fingerprint density at radius 2 is 2.00 bits per heavy atom. The fourth-order valence-electron chi connectivity index (χ4n) is 2.10. The van der Waals surface area contributed by atoms with Crippen molar-refractivity contribution in [2.45, 2.75) is 58.0 Å². The number of allylic oxidation sites excluding steroid dienone is 1. The van der Waals surface area contributed by atoms with Gasteiger partial charge in [-0.3, -0.25) is 4.99 Å². The zero-order chi connectivity index (χ0) is 10.4. The molecule has 0 amide bonds. The van der Waals surface area contributed by atoms with E-state index in [1.54, 1.807) is 0 Å². The molecule has 0 atom stereocenters. The minimum Gasteiger partial charge on any atom is -0.384 e. The van der Waals surface area contributed by atoms with Crippen LogP contribution >= 0.6 is 0 Å². The van der Waals surface area contributed by atoms with E-state index >= 15 is 0 Å². The van der Waals surface area contributed by atoms with E-state index in [0.29, 0.717) is 0 Å². The second-order valence-electron chi connectivity index (χ2n) is 4.03. The van der Waals surface area contributed by atoms with E-state index in [1.165, 1.54) is 0 Å². The first-order chi connectivity index (χ1) is 6.73. The molecule has 0 spiro atoms. The van der Waals surface area contributed by atoms with Crippen molar-refractivity contribution in [3.8, 4) is 0 Å². The summed E-state index contributed by atoms with van der Waals surface area (Å²) in [5.74, 6) is 0. The topological polar surface area (TPSA) is 32.6 Å². The standard InChI is InChI=1S/C12H21NO/c1-3-8-12(14,9-4-2)11-7-5-6-10-13-11/h6,10,14H,3-5,7-9H2,1-2H3. The quantitative estimate of drug-likeness (QED) is 0.718. The van der Waals surface area contributed by atoms with Crippen LogP contribution in [0.4, 0.5) is 0 Å². The van der Waals surface area contributed by atoms with Gasteiger partial charge in [-0.25, -0.2) is 0 Å². The Labute approximate surface area is 86.7 Å². The van der Waals surface area contributed by atoms with Gasteiger partial charge in [-0.2, -0.15) is 0 Å². The highest BCUT2D eigenvalue weighted by atomic mass is 16.3. The number of aliphatic imine (C=N–C) groups is 1. The van der Waals surface area contributed by atoms with Gasteiger partial charge in [0.1, 0.15) is 5.60 Å². The van der Waals surface area contributed by atoms with Gasteiger partial charge in [0.05, 0.1) is 0 Å². The minimum atomic E-state index is -0.631. The average Bonchev–Trinajstić information content (AvgIpc) is 2.20. The van der Waals surface area contributed by atoms with E-state index in [-0.39, 0.29) is 0 Å². The zero-order valence-corrected chi connectivity index (χ0v) is 9.29. The highest BCUT2D eigenvalue weighted by Gasteiger charge is 2.30. The third-order valence-corrected chi connectivity index (χ3v) is 2.75. The summed E-state index contributed by atoms with van der Waals surface area (Å²) in [6.45, 7) is 4.22. The molecule has 0 bridgehead atoms. The summed E-state index contributed by atoms with van der Waals surface area (Å²) in [5, 5.41) is 10.5. The summed E-state index contributed by atoms with van der Waals surface area (Å²) in [5.41, 5.74) is 0.359. The highest BCUT2D eigenvalue weighted by Crippen LogP contribution is 2.25. The molecule has 2 nitrogen and oxygen atoms in total. The first kappa shape index (κ1) is 11.4. The molecule has 0 fully saturated rings. The maximum atomic E-state index is 10.5. The summed E-state index contributed by atoms with van der Waals surface area (Å²) < 4.78 is 0. The van der Waals surface area contributed by atoms with Crippen LogP contribution in [0, 0.1) is 0 Å². The van der Waals surface area contributed by atoms with Gasteiger partial charge in [0.25, 0.3) is 0 Å². The van der Waals surface area contributed by atoms with Crippen molar-refractivity contribution in [3.05, 3.63) is 12.3 Å². The molecule has 80 valence electrons. The van der Waals surface area contributed by atoms with Gasteiger partial charge in [0.2, 0.25) is 0 Å². The molecule has 1 rings (SSSR count). The molecule has 1 aliphatic heterocycles. The molecule has 0 unspecified atom stereocenters. The van der Waals surface area contributed by atoms with Crippen LogP contribution in [0.3, 0.4) is 0 Å². The van der Waals surface area contributed by atoms with Crippen molar-refractivity contribution in [2.75, 3.05) is 0 Å². The second kappa shape index (κ2) is 5.30. The summed E-state index contributed by atoms with van der Waals surface area (Å²) in [4.78, 5) is 4.32. The Bertz CT molecular complexity index is 224. The van der Waals surface area contributed by atoms with Gasteiger partial charge in [-0.15, -0.1) is 0 Å². The second-order valence-corrected chi connectivity index (χ2v) is 4.03. The lowest BCUT2D eigenvalue weighted by atomic mass is 9.85. The number of hydrogen-bond acceptors (Lipinski definition) is 2. The summed E-state index contributed by atoms with van der Waals surface area (Å²) in [7, 11) is 0. The Balaban J connectivity index is 2.74. The number of rotatable bonds is 5. The maximum Gasteiger partial charge on any atom is 0.103 e. The molecule has 1 heterocycles. The predicted octanol–water partition coefficient (Wildman–Crippen LogP) is 3.07.